The van der Waals surface area contributed by atoms with Gasteiger partial charge in [-0.15, -0.1) is 0 Å². The Hall–Kier alpha value is -0.0800. The van der Waals surface area contributed by atoms with Gasteiger partial charge in [0, 0.05) is 12.1 Å². The smallest absolute Gasteiger partial charge is 0.0608 e. The number of ether oxygens (including phenoxy) is 1. The van der Waals surface area contributed by atoms with Gasteiger partial charge in [-0.3, -0.25) is 0 Å². The quantitative estimate of drug-likeness (QED) is 0.698. The Bertz CT molecular complexity index is 250. The van der Waals surface area contributed by atoms with E-state index in [2.05, 4.69) is 46.9 Å². The van der Waals surface area contributed by atoms with E-state index in [4.69, 9.17) is 4.74 Å². The molecular formula is C17H35NO. The lowest BCUT2D eigenvalue weighted by molar-refractivity contribution is -0.0379. The van der Waals surface area contributed by atoms with Crippen LogP contribution in [0.2, 0.25) is 0 Å². The molecule has 1 aliphatic rings. The highest BCUT2D eigenvalue weighted by molar-refractivity contribution is 4.81. The predicted molar refractivity (Wildman–Crippen MR) is 83.5 cm³/mol. The van der Waals surface area contributed by atoms with Crippen molar-refractivity contribution in [2.45, 2.75) is 78.9 Å². The van der Waals surface area contributed by atoms with Gasteiger partial charge in [-0.2, -0.15) is 0 Å². The molecule has 19 heavy (non-hydrogen) atoms. The first-order chi connectivity index (χ1) is 8.85. The molecule has 1 N–H and O–H groups in total. The summed E-state index contributed by atoms with van der Waals surface area (Å²) in [5.74, 6) is 2.34. The first kappa shape index (κ1) is 17.0. The summed E-state index contributed by atoms with van der Waals surface area (Å²) in [6.45, 7) is 15.6. The maximum atomic E-state index is 6.20. The molecule has 0 aromatic heterocycles. The standard InChI is InChI=1S/C17H35NO/c1-7-17(5,6)18-10-11-19-16-12-14(4)8-9-15(16)13(2)3/h13-16,18H,7-12H2,1-6H3. The van der Waals surface area contributed by atoms with Crippen LogP contribution < -0.4 is 5.32 Å². The topological polar surface area (TPSA) is 21.3 Å². The van der Waals surface area contributed by atoms with E-state index >= 15 is 0 Å². The summed E-state index contributed by atoms with van der Waals surface area (Å²) in [6, 6.07) is 0. The van der Waals surface area contributed by atoms with Crippen molar-refractivity contribution in [3.8, 4) is 0 Å². The molecule has 0 amide bonds. The largest absolute Gasteiger partial charge is 0.377 e. The highest BCUT2D eigenvalue weighted by Gasteiger charge is 2.31. The second-order valence-electron chi connectivity index (χ2n) is 7.40. The Morgan fingerprint density at radius 2 is 1.95 bits per heavy atom. The zero-order valence-corrected chi connectivity index (χ0v) is 14.0. The maximum Gasteiger partial charge on any atom is 0.0608 e. The number of hydrogen-bond donors (Lipinski definition) is 1. The highest BCUT2D eigenvalue weighted by atomic mass is 16.5. The summed E-state index contributed by atoms with van der Waals surface area (Å²) in [4.78, 5) is 0. The average Bonchev–Trinajstić information content (AvgIpc) is 2.34. The molecule has 0 bridgehead atoms. The summed E-state index contributed by atoms with van der Waals surface area (Å²) < 4.78 is 6.20. The lowest BCUT2D eigenvalue weighted by Crippen LogP contribution is -2.42. The Morgan fingerprint density at radius 1 is 1.26 bits per heavy atom. The third-order valence-electron chi connectivity index (χ3n) is 4.88. The summed E-state index contributed by atoms with van der Waals surface area (Å²) in [6.07, 6.45) is 5.61. The van der Waals surface area contributed by atoms with Crippen LogP contribution >= 0.6 is 0 Å². The molecule has 0 heterocycles. The van der Waals surface area contributed by atoms with Gasteiger partial charge in [0.2, 0.25) is 0 Å². The van der Waals surface area contributed by atoms with Crippen molar-refractivity contribution in [2.24, 2.45) is 17.8 Å². The van der Waals surface area contributed by atoms with Gasteiger partial charge in [0.1, 0.15) is 0 Å². The van der Waals surface area contributed by atoms with Crippen molar-refractivity contribution >= 4 is 0 Å². The number of hydrogen-bond acceptors (Lipinski definition) is 2. The second-order valence-corrected chi connectivity index (χ2v) is 7.40. The summed E-state index contributed by atoms with van der Waals surface area (Å²) in [7, 11) is 0. The number of rotatable bonds is 7. The molecule has 0 spiro atoms. The molecule has 1 aliphatic carbocycles. The van der Waals surface area contributed by atoms with Crippen LogP contribution in [0.5, 0.6) is 0 Å². The Morgan fingerprint density at radius 3 is 2.53 bits per heavy atom. The summed E-state index contributed by atoms with van der Waals surface area (Å²) in [5, 5.41) is 3.58. The van der Waals surface area contributed by atoms with Crippen LogP contribution in [0.4, 0.5) is 0 Å². The Kier molecular flexibility index (Phi) is 6.82. The van der Waals surface area contributed by atoms with Gasteiger partial charge in [0.05, 0.1) is 12.7 Å². The third-order valence-corrected chi connectivity index (χ3v) is 4.88. The van der Waals surface area contributed by atoms with E-state index in [0.717, 1.165) is 37.3 Å². The van der Waals surface area contributed by atoms with Crippen LogP contribution in [-0.2, 0) is 4.74 Å². The van der Waals surface area contributed by atoms with Gasteiger partial charge >= 0.3 is 0 Å². The molecule has 1 fully saturated rings. The van der Waals surface area contributed by atoms with E-state index in [0.29, 0.717) is 6.10 Å². The summed E-state index contributed by atoms with van der Waals surface area (Å²) >= 11 is 0. The van der Waals surface area contributed by atoms with Crippen LogP contribution in [0.25, 0.3) is 0 Å². The average molecular weight is 269 g/mol. The molecule has 0 aromatic rings. The van der Waals surface area contributed by atoms with E-state index in [-0.39, 0.29) is 5.54 Å². The van der Waals surface area contributed by atoms with Crippen molar-refractivity contribution in [3.05, 3.63) is 0 Å². The van der Waals surface area contributed by atoms with Crippen LogP contribution in [0.1, 0.15) is 67.2 Å². The molecule has 2 nitrogen and oxygen atoms in total. The van der Waals surface area contributed by atoms with E-state index in [1.807, 2.05) is 0 Å². The van der Waals surface area contributed by atoms with Gasteiger partial charge in [-0.1, -0.05) is 34.1 Å². The van der Waals surface area contributed by atoms with Crippen LogP contribution in [0, 0.1) is 17.8 Å². The number of nitrogens with one attached hydrogen (secondary N) is 1. The minimum absolute atomic E-state index is 0.237. The molecule has 1 saturated carbocycles. The fourth-order valence-corrected chi connectivity index (χ4v) is 3.03. The van der Waals surface area contributed by atoms with Gasteiger partial charge < -0.3 is 10.1 Å². The molecule has 0 saturated heterocycles. The van der Waals surface area contributed by atoms with Crippen LogP contribution in [0.15, 0.2) is 0 Å². The van der Waals surface area contributed by atoms with Gasteiger partial charge in [-0.25, -0.2) is 0 Å². The van der Waals surface area contributed by atoms with Crippen molar-refractivity contribution < 1.29 is 4.74 Å². The monoisotopic (exact) mass is 269 g/mol. The minimum Gasteiger partial charge on any atom is -0.377 e. The SMILES string of the molecule is CCC(C)(C)NCCOC1CC(C)CCC1C(C)C. The molecule has 0 aromatic carbocycles. The van der Waals surface area contributed by atoms with Crippen molar-refractivity contribution in [3.63, 3.8) is 0 Å². The summed E-state index contributed by atoms with van der Waals surface area (Å²) in [5.41, 5.74) is 0.237. The highest BCUT2D eigenvalue weighted by Crippen LogP contribution is 2.35. The molecule has 0 radical (unpaired) electrons. The third kappa shape index (κ3) is 5.83. The molecule has 0 aliphatic heterocycles. The van der Waals surface area contributed by atoms with E-state index in [1.165, 1.54) is 19.3 Å². The fraction of sp³-hybridized carbons (Fsp3) is 1.00. The van der Waals surface area contributed by atoms with E-state index in [9.17, 15) is 0 Å². The maximum absolute atomic E-state index is 6.20. The van der Waals surface area contributed by atoms with Gasteiger partial charge in [-0.05, 0) is 50.9 Å². The molecule has 2 heteroatoms. The Labute approximate surface area is 120 Å². The normalized spacial score (nSPS) is 28.9. The second kappa shape index (κ2) is 7.64. The predicted octanol–water partition coefficient (Wildman–Crippen LogP) is 4.24. The Balaban J connectivity index is 2.32. The van der Waals surface area contributed by atoms with Crippen molar-refractivity contribution in [1.29, 1.82) is 0 Å². The molecule has 3 atom stereocenters. The van der Waals surface area contributed by atoms with Gasteiger partial charge in [0.25, 0.3) is 0 Å². The molecular weight excluding hydrogens is 234 g/mol. The lowest BCUT2D eigenvalue weighted by atomic mass is 9.75. The first-order valence-corrected chi connectivity index (χ1v) is 8.22. The molecule has 1 rings (SSSR count). The fourth-order valence-electron chi connectivity index (χ4n) is 3.03. The zero-order valence-electron chi connectivity index (χ0n) is 14.0. The van der Waals surface area contributed by atoms with Crippen LogP contribution in [0.3, 0.4) is 0 Å². The minimum atomic E-state index is 0.237. The molecule has 114 valence electrons. The van der Waals surface area contributed by atoms with Crippen molar-refractivity contribution in [1.82, 2.24) is 5.32 Å². The van der Waals surface area contributed by atoms with E-state index < -0.39 is 0 Å². The first-order valence-electron chi connectivity index (χ1n) is 8.22. The van der Waals surface area contributed by atoms with E-state index in [1.54, 1.807) is 0 Å². The van der Waals surface area contributed by atoms with Gasteiger partial charge in [0.15, 0.2) is 0 Å². The lowest BCUT2D eigenvalue weighted by Gasteiger charge is -2.37. The molecule has 3 unspecified atom stereocenters. The zero-order chi connectivity index (χ0) is 14.5. The van der Waals surface area contributed by atoms with Crippen LogP contribution in [-0.4, -0.2) is 24.8 Å². The van der Waals surface area contributed by atoms with Crippen molar-refractivity contribution in [2.75, 3.05) is 13.2 Å².